The van der Waals surface area contributed by atoms with Gasteiger partial charge in [-0.1, -0.05) is 37.4 Å². The van der Waals surface area contributed by atoms with E-state index in [9.17, 15) is 62.1 Å². The molecule has 3 heterocycles. The molecule has 2 unspecified atom stereocenters. The number of aromatic nitrogens is 5. The van der Waals surface area contributed by atoms with Crippen molar-refractivity contribution in [1.82, 2.24) is 29.9 Å². The predicted molar refractivity (Wildman–Crippen MR) is 246 cm³/mol. The molecular formula is C45H44ClF10N7O8S2. The van der Waals surface area contributed by atoms with Crippen LogP contribution >= 0.6 is 11.6 Å². The molecule has 73 heavy (non-hydrogen) atoms. The van der Waals surface area contributed by atoms with Gasteiger partial charge < -0.3 is 15.2 Å². The van der Waals surface area contributed by atoms with Crippen LogP contribution in [0.5, 0.6) is 0 Å². The van der Waals surface area contributed by atoms with Crippen molar-refractivity contribution in [2.24, 2.45) is 0 Å². The molecule has 0 saturated heterocycles. The Morgan fingerprint density at radius 3 is 2.21 bits per heavy atom. The minimum atomic E-state index is -5.23. The van der Waals surface area contributed by atoms with E-state index in [1.807, 2.05) is 13.8 Å². The number of carboxylic acid groups (broad SMARTS) is 1. The number of aliphatic carboxylic acids is 1. The van der Waals surface area contributed by atoms with Crippen LogP contribution in [0.15, 0.2) is 42.5 Å². The van der Waals surface area contributed by atoms with E-state index in [0.717, 1.165) is 42.8 Å². The van der Waals surface area contributed by atoms with Crippen molar-refractivity contribution in [2.45, 2.75) is 102 Å². The zero-order valence-corrected chi connectivity index (χ0v) is 41.6. The van der Waals surface area contributed by atoms with E-state index in [-0.39, 0.29) is 33.5 Å². The third kappa shape index (κ3) is 13.5. The number of benzene rings is 2. The third-order valence-corrected chi connectivity index (χ3v) is 13.9. The molecule has 0 radical (unpaired) electrons. The number of carbonyl (C=O) groups is 3. The first-order valence-electron chi connectivity index (χ1n) is 21.6. The lowest BCUT2D eigenvalue weighted by molar-refractivity contribution is -0.143. The van der Waals surface area contributed by atoms with Gasteiger partial charge in [0.05, 0.1) is 34.3 Å². The number of carbonyl (C=O) groups excluding carboxylic acids is 2. The summed E-state index contributed by atoms with van der Waals surface area (Å²) in [4.78, 5) is 43.0. The van der Waals surface area contributed by atoms with Gasteiger partial charge in [-0.3, -0.25) is 19.0 Å². The molecular weight excluding hydrogens is 1060 g/mol. The SMILES string of the molecule is CC.CS(=O)N(C(=O)OCCCC(=O)O)c1nn(CC(F)(F)F)c2c(-c3ccc(C#CC(C)(C)S(C)(=O)=O)nc3C(Cc3cc(F)cc(F)c3)NC(=O)Cn3nc(C(F)(F)F)c4c3C(F)(F)CC4)ccc(Cl)c12. The van der Waals surface area contributed by atoms with Crippen LogP contribution in [0.4, 0.5) is 54.5 Å². The van der Waals surface area contributed by atoms with Crippen molar-refractivity contribution in [3.8, 4) is 23.0 Å². The van der Waals surface area contributed by atoms with Gasteiger partial charge in [0.1, 0.15) is 51.8 Å². The fourth-order valence-electron chi connectivity index (χ4n) is 7.45. The van der Waals surface area contributed by atoms with Crippen LogP contribution in [0.3, 0.4) is 0 Å². The highest BCUT2D eigenvalue weighted by molar-refractivity contribution is 7.92. The van der Waals surface area contributed by atoms with E-state index >= 15 is 8.78 Å². The van der Waals surface area contributed by atoms with Crippen LogP contribution in [-0.2, 0) is 73.2 Å². The van der Waals surface area contributed by atoms with Gasteiger partial charge in [0, 0.05) is 48.1 Å². The molecule has 15 nitrogen and oxygen atoms in total. The molecule has 0 fully saturated rings. The van der Waals surface area contributed by atoms with E-state index in [1.54, 1.807) is 0 Å². The van der Waals surface area contributed by atoms with E-state index in [4.69, 9.17) is 21.4 Å². The minimum absolute atomic E-state index is 0.156. The summed E-state index contributed by atoms with van der Waals surface area (Å²) >= 11 is 6.62. The molecule has 2 aromatic carbocycles. The summed E-state index contributed by atoms with van der Waals surface area (Å²) in [5, 5.41) is 17.8. The van der Waals surface area contributed by atoms with Gasteiger partial charge in [-0.05, 0) is 74.9 Å². The van der Waals surface area contributed by atoms with Crippen molar-refractivity contribution in [2.75, 3.05) is 23.4 Å². The first-order chi connectivity index (χ1) is 33.8. The summed E-state index contributed by atoms with van der Waals surface area (Å²) in [6.07, 6.45) is -13.1. The first kappa shape index (κ1) is 57.6. The Morgan fingerprint density at radius 2 is 1.63 bits per heavy atom. The maximum absolute atomic E-state index is 15.1. The van der Waals surface area contributed by atoms with E-state index in [0.29, 0.717) is 15.1 Å². The molecule has 1 aliphatic carbocycles. The number of anilines is 1. The molecule has 0 saturated carbocycles. The van der Waals surface area contributed by atoms with Gasteiger partial charge in [-0.25, -0.2) is 31.2 Å². The monoisotopic (exact) mass is 1100 g/mol. The molecule has 2 atom stereocenters. The number of carboxylic acids is 1. The number of alkyl halides is 8. The predicted octanol–water partition coefficient (Wildman–Crippen LogP) is 9.25. The van der Waals surface area contributed by atoms with Crippen LogP contribution in [0.25, 0.3) is 22.0 Å². The van der Waals surface area contributed by atoms with E-state index < -0.39 is 169 Å². The summed E-state index contributed by atoms with van der Waals surface area (Å²) in [6.45, 7) is 2.69. The van der Waals surface area contributed by atoms with Crippen molar-refractivity contribution >= 4 is 67.1 Å². The van der Waals surface area contributed by atoms with Crippen LogP contribution in [0.1, 0.15) is 86.9 Å². The standard InChI is InChI=1S/C43H38ClF10N7O8S2.C2H6/c1-40(2,71(4,67)68)13-11-25-7-8-26(27-9-10-29(44)33-35(27)60(21-42(49,50)51)58-38(33)61(70(3)66)39(65)69-15-5-6-32(63)64)34(55-25)30(18-22-16-23(45)19-24(46)17-22)56-31(62)20-59-37-28(12-14-41(37,47)48)36(57-59)43(52,53)54;1-2/h7-10,16-17,19,30H,5-6,12,14-15,18,20-21H2,1-4H3,(H,56,62)(H,63,64);1-2H3. The summed E-state index contributed by atoms with van der Waals surface area (Å²) in [7, 11) is -6.38. The molecule has 2 amide bonds. The number of rotatable bonds is 15. The molecule has 1 aliphatic rings. The number of amides is 2. The highest BCUT2D eigenvalue weighted by Gasteiger charge is 2.50. The average molecular weight is 1100 g/mol. The highest BCUT2D eigenvalue weighted by atomic mass is 35.5. The second kappa shape index (κ2) is 22.1. The van der Waals surface area contributed by atoms with Crippen LogP contribution < -0.4 is 9.62 Å². The number of nitrogens with one attached hydrogen (secondary N) is 1. The smallest absolute Gasteiger partial charge is 0.435 e. The Balaban J connectivity index is 0.00000488. The van der Waals surface area contributed by atoms with Gasteiger partial charge in [0.2, 0.25) is 5.91 Å². The Kier molecular flexibility index (Phi) is 17.4. The lowest BCUT2D eigenvalue weighted by Gasteiger charge is -2.23. The molecule has 28 heteroatoms. The van der Waals surface area contributed by atoms with Gasteiger partial charge in [-0.15, -0.1) is 0 Å². The summed E-state index contributed by atoms with van der Waals surface area (Å²) in [6, 6.07) is 4.89. The number of hydrogen-bond acceptors (Lipinski definition) is 10. The van der Waals surface area contributed by atoms with Crippen molar-refractivity contribution < 1.29 is 80.8 Å². The minimum Gasteiger partial charge on any atom is -0.481 e. The number of ether oxygens (including phenoxy) is 1. The third-order valence-electron chi connectivity index (χ3n) is 10.8. The maximum atomic E-state index is 15.1. The molecule has 0 bridgehead atoms. The van der Waals surface area contributed by atoms with Crippen LogP contribution in [-0.4, -0.2) is 90.3 Å². The van der Waals surface area contributed by atoms with Crippen molar-refractivity contribution in [1.29, 1.82) is 0 Å². The first-order valence-corrected chi connectivity index (χ1v) is 25.4. The highest BCUT2D eigenvalue weighted by Crippen LogP contribution is 2.47. The zero-order valence-electron chi connectivity index (χ0n) is 39.2. The Hall–Kier alpha value is -6.27. The van der Waals surface area contributed by atoms with Crippen molar-refractivity contribution in [3.63, 3.8) is 0 Å². The van der Waals surface area contributed by atoms with Gasteiger partial charge in [-0.2, -0.15) is 49.6 Å². The Labute approximate surface area is 417 Å². The summed E-state index contributed by atoms with van der Waals surface area (Å²) in [5.74, 6) is -4.42. The maximum Gasteiger partial charge on any atom is 0.435 e. The van der Waals surface area contributed by atoms with E-state index in [2.05, 4.69) is 32.3 Å². The van der Waals surface area contributed by atoms with Gasteiger partial charge >= 0.3 is 24.4 Å². The van der Waals surface area contributed by atoms with Crippen LogP contribution in [0, 0.1) is 23.5 Å². The zero-order chi connectivity index (χ0) is 54.8. The molecule has 0 spiro atoms. The van der Waals surface area contributed by atoms with Crippen molar-refractivity contribution in [3.05, 3.63) is 93.0 Å². The number of pyridine rings is 1. The largest absolute Gasteiger partial charge is 0.481 e. The lowest BCUT2D eigenvalue weighted by Crippen LogP contribution is -2.35. The molecule has 2 N–H and O–H groups in total. The fraction of sp³-hybridized carbons (Fsp3) is 0.422. The molecule has 3 aromatic heterocycles. The molecule has 5 aromatic rings. The molecule has 0 aliphatic heterocycles. The number of halogens is 11. The number of nitrogens with zero attached hydrogens (tertiary/aromatic N) is 6. The summed E-state index contributed by atoms with van der Waals surface area (Å²) < 4.78 is 188. The average Bonchev–Trinajstić information content (AvgIpc) is 3.92. The normalized spacial score (nSPS) is 14.3. The number of fused-ring (bicyclic) bond motifs is 2. The second-order valence-electron chi connectivity index (χ2n) is 16.5. The summed E-state index contributed by atoms with van der Waals surface area (Å²) in [5.41, 5.74) is -5.85. The molecule has 396 valence electrons. The van der Waals surface area contributed by atoms with Gasteiger partial charge in [0.15, 0.2) is 21.3 Å². The topological polar surface area (TPSA) is 196 Å². The van der Waals surface area contributed by atoms with Gasteiger partial charge in [0.25, 0.3) is 5.92 Å². The van der Waals surface area contributed by atoms with E-state index in [1.165, 1.54) is 19.9 Å². The second-order valence-corrected chi connectivity index (χ2v) is 20.7. The Bertz CT molecular complexity index is 3130. The molecule has 6 rings (SSSR count). The quantitative estimate of drug-likeness (QED) is 0.0576. The fourth-order valence-corrected chi connectivity index (χ4v) is 8.56. The van der Waals surface area contributed by atoms with Crippen LogP contribution in [0.2, 0.25) is 5.02 Å². The number of hydrogen-bond donors (Lipinski definition) is 2. The Morgan fingerprint density at radius 1 is 1.00 bits per heavy atom. The number of sulfone groups is 1. The lowest BCUT2D eigenvalue weighted by atomic mass is 9.93.